The van der Waals surface area contributed by atoms with E-state index in [4.69, 9.17) is 0 Å². The third kappa shape index (κ3) is 3.19. The van der Waals surface area contributed by atoms with Gasteiger partial charge in [-0.25, -0.2) is 0 Å². The first kappa shape index (κ1) is 13.7. The molecule has 102 valence electrons. The first-order valence-electron chi connectivity index (χ1n) is 6.82. The topological polar surface area (TPSA) is 58.2 Å². The average molecular weight is 270 g/mol. The van der Waals surface area contributed by atoms with Crippen molar-refractivity contribution in [1.29, 1.82) is 0 Å². The SMILES string of the molecule is CSCC[C@@H]1NC(=O)C(C2CCCCC2)NC1=O. The molecule has 1 aliphatic carbocycles. The predicted octanol–water partition coefficient (Wildman–Crippen LogP) is 1.30. The van der Waals surface area contributed by atoms with Gasteiger partial charge in [0.2, 0.25) is 11.8 Å². The van der Waals surface area contributed by atoms with Crippen LogP contribution in [0.1, 0.15) is 38.5 Å². The molecule has 0 bridgehead atoms. The van der Waals surface area contributed by atoms with Crippen molar-refractivity contribution in [3.05, 3.63) is 0 Å². The van der Waals surface area contributed by atoms with Gasteiger partial charge in [0, 0.05) is 0 Å². The molecule has 4 nitrogen and oxygen atoms in total. The maximum Gasteiger partial charge on any atom is 0.243 e. The molecule has 2 N–H and O–H groups in total. The number of amides is 2. The minimum Gasteiger partial charge on any atom is -0.342 e. The average Bonchev–Trinajstić information content (AvgIpc) is 2.40. The summed E-state index contributed by atoms with van der Waals surface area (Å²) in [6, 6.07) is -0.617. The minimum atomic E-state index is -0.329. The molecule has 0 radical (unpaired) electrons. The van der Waals surface area contributed by atoms with Crippen molar-refractivity contribution in [2.45, 2.75) is 50.6 Å². The van der Waals surface area contributed by atoms with Crippen molar-refractivity contribution >= 4 is 23.6 Å². The second kappa shape index (κ2) is 6.45. The Morgan fingerprint density at radius 1 is 1.11 bits per heavy atom. The summed E-state index contributed by atoms with van der Waals surface area (Å²) in [6.45, 7) is 0. The van der Waals surface area contributed by atoms with Gasteiger partial charge in [0.25, 0.3) is 0 Å². The van der Waals surface area contributed by atoms with Gasteiger partial charge in [0.1, 0.15) is 12.1 Å². The Hall–Kier alpha value is -0.710. The molecule has 0 aromatic heterocycles. The van der Waals surface area contributed by atoms with E-state index < -0.39 is 0 Å². The smallest absolute Gasteiger partial charge is 0.243 e. The number of nitrogens with one attached hydrogen (secondary N) is 2. The molecule has 2 rings (SSSR count). The number of hydrogen-bond donors (Lipinski definition) is 2. The van der Waals surface area contributed by atoms with Crippen LogP contribution in [0, 0.1) is 5.92 Å². The van der Waals surface area contributed by atoms with Crippen LogP contribution in [0.4, 0.5) is 0 Å². The predicted molar refractivity (Wildman–Crippen MR) is 73.4 cm³/mol. The first-order valence-corrected chi connectivity index (χ1v) is 8.21. The fourth-order valence-corrected chi connectivity index (χ4v) is 3.36. The van der Waals surface area contributed by atoms with E-state index in [2.05, 4.69) is 10.6 Å². The van der Waals surface area contributed by atoms with E-state index in [-0.39, 0.29) is 23.9 Å². The highest BCUT2D eigenvalue weighted by molar-refractivity contribution is 7.98. The summed E-state index contributed by atoms with van der Waals surface area (Å²) >= 11 is 1.70. The molecule has 1 unspecified atom stereocenters. The molecule has 5 heteroatoms. The summed E-state index contributed by atoms with van der Waals surface area (Å²) in [5.41, 5.74) is 0. The molecule has 2 atom stereocenters. The van der Waals surface area contributed by atoms with E-state index in [0.717, 1.165) is 25.0 Å². The van der Waals surface area contributed by atoms with Crippen LogP contribution >= 0.6 is 11.8 Å². The van der Waals surface area contributed by atoms with E-state index in [0.29, 0.717) is 5.92 Å². The molecular weight excluding hydrogens is 248 g/mol. The van der Waals surface area contributed by atoms with Crippen LogP contribution in [0.25, 0.3) is 0 Å². The van der Waals surface area contributed by atoms with Crippen molar-refractivity contribution in [3.63, 3.8) is 0 Å². The van der Waals surface area contributed by atoms with Crippen molar-refractivity contribution in [2.24, 2.45) is 5.92 Å². The molecule has 0 aromatic carbocycles. The summed E-state index contributed by atoms with van der Waals surface area (Å²) in [5.74, 6) is 1.25. The first-order chi connectivity index (χ1) is 8.72. The zero-order chi connectivity index (χ0) is 13.0. The minimum absolute atomic E-state index is 0.000719. The van der Waals surface area contributed by atoms with Gasteiger partial charge in [0.05, 0.1) is 0 Å². The van der Waals surface area contributed by atoms with E-state index in [9.17, 15) is 9.59 Å². The number of thioether (sulfide) groups is 1. The number of carbonyl (C=O) groups excluding carboxylic acids is 2. The highest BCUT2D eigenvalue weighted by Gasteiger charge is 2.37. The van der Waals surface area contributed by atoms with E-state index in [1.807, 2.05) is 6.26 Å². The fraction of sp³-hybridized carbons (Fsp3) is 0.846. The summed E-state index contributed by atoms with van der Waals surface area (Å²) < 4.78 is 0. The van der Waals surface area contributed by atoms with Gasteiger partial charge in [-0.05, 0) is 37.2 Å². The maximum atomic E-state index is 12.1. The lowest BCUT2D eigenvalue weighted by Crippen LogP contribution is -2.64. The highest BCUT2D eigenvalue weighted by Crippen LogP contribution is 2.27. The molecule has 2 amide bonds. The number of piperazine rings is 1. The van der Waals surface area contributed by atoms with E-state index in [1.165, 1.54) is 19.3 Å². The number of carbonyl (C=O) groups is 2. The second-order valence-corrected chi connectivity index (χ2v) is 6.21. The van der Waals surface area contributed by atoms with Crippen LogP contribution in [-0.4, -0.2) is 35.9 Å². The quantitative estimate of drug-likeness (QED) is 0.809. The van der Waals surface area contributed by atoms with Crippen LogP contribution in [0.5, 0.6) is 0 Å². The van der Waals surface area contributed by atoms with Gasteiger partial charge in [-0.1, -0.05) is 19.3 Å². The fourth-order valence-electron chi connectivity index (χ4n) is 2.88. The Kier molecular flexibility index (Phi) is 4.92. The summed E-state index contributed by atoms with van der Waals surface area (Å²) in [7, 11) is 0. The molecule has 0 spiro atoms. The molecule has 1 heterocycles. The lowest BCUT2D eigenvalue weighted by molar-refractivity contribution is -0.138. The van der Waals surface area contributed by atoms with Gasteiger partial charge in [-0.15, -0.1) is 0 Å². The molecule has 18 heavy (non-hydrogen) atoms. The third-order valence-corrected chi connectivity index (χ3v) is 4.59. The monoisotopic (exact) mass is 270 g/mol. The van der Waals surface area contributed by atoms with Gasteiger partial charge in [-0.3, -0.25) is 9.59 Å². The molecule has 1 saturated carbocycles. The summed E-state index contributed by atoms with van der Waals surface area (Å²) in [6.07, 6.45) is 8.47. The lowest BCUT2D eigenvalue weighted by atomic mass is 9.82. The van der Waals surface area contributed by atoms with Gasteiger partial charge in [0.15, 0.2) is 0 Å². The number of hydrogen-bond acceptors (Lipinski definition) is 3. The molecule has 2 fully saturated rings. The Morgan fingerprint density at radius 2 is 1.83 bits per heavy atom. The van der Waals surface area contributed by atoms with Crippen molar-refractivity contribution in [1.82, 2.24) is 10.6 Å². The van der Waals surface area contributed by atoms with Crippen molar-refractivity contribution in [2.75, 3.05) is 12.0 Å². The Bertz CT molecular complexity index is 316. The Balaban J connectivity index is 1.92. The van der Waals surface area contributed by atoms with Crippen LogP contribution in [0.3, 0.4) is 0 Å². The largest absolute Gasteiger partial charge is 0.342 e. The highest BCUT2D eigenvalue weighted by atomic mass is 32.2. The maximum absolute atomic E-state index is 12.1. The Labute approximate surface area is 113 Å². The number of rotatable bonds is 4. The zero-order valence-corrected chi connectivity index (χ0v) is 11.7. The van der Waals surface area contributed by atoms with Gasteiger partial charge < -0.3 is 10.6 Å². The van der Waals surface area contributed by atoms with E-state index >= 15 is 0 Å². The van der Waals surface area contributed by atoms with Gasteiger partial charge >= 0.3 is 0 Å². The second-order valence-electron chi connectivity index (χ2n) is 5.23. The van der Waals surface area contributed by atoms with Gasteiger partial charge in [-0.2, -0.15) is 11.8 Å². The van der Waals surface area contributed by atoms with Crippen LogP contribution < -0.4 is 10.6 Å². The van der Waals surface area contributed by atoms with Crippen LogP contribution in [0.2, 0.25) is 0 Å². The normalized spacial score (nSPS) is 29.8. The standard InChI is InChI=1S/C13H22N2O2S/c1-18-8-7-10-12(16)15-11(13(17)14-10)9-5-3-2-4-6-9/h9-11H,2-8H2,1H3,(H,14,17)(H,15,16)/t10-,11?/m0/s1. The molecule has 0 aromatic rings. The summed E-state index contributed by atoms with van der Waals surface area (Å²) in [5, 5.41) is 5.82. The van der Waals surface area contributed by atoms with Crippen LogP contribution in [0.15, 0.2) is 0 Å². The zero-order valence-electron chi connectivity index (χ0n) is 10.9. The Morgan fingerprint density at radius 3 is 2.50 bits per heavy atom. The lowest BCUT2D eigenvalue weighted by Gasteiger charge is -2.35. The summed E-state index contributed by atoms with van der Waals surface area (Å²) in [4.78, 5) is 24.0. The molecule has 1 aliphatic heterocycles. The molecule has 1 saturated heterocycles. The van der Waals surface area contributed by atoms with Crippen molar-refractivity contribution < 1.29 is 9.59 Å². The van der Waals surface area contributed by atoms with E-state index in [1.54, 1.807) is 11.8 Å². The van der Waals surface area contributed by atoms with Crippen molar-refractivity contribution in [3.8, 4) is 0 Å². The molecule has 2 aliphatic rings. The molecular formula is C13H22N2O2S. The van der Waals surface area contributed by atoms with Crippen LogP contribution in [-0.2, 0) is 9.59 Å². The third-order valence-electron chi connectivity index (χ3n) is 3.95.